The molecular formula is C47H65N11O7. The number of imidazole rings is 2. The molecule has 2 aromatic carbocycles. The van der Waals surface area contributed by atoms with Crippen molar-refractivity contribution in [3.8, 4) is 0 Å². The fourth-order valence-corrected chi connectivity index (χ4v) is 7.96. The second kappa shape index (κ2) is 24.6. The summed E-state index contributed by atoms with van der Waals surface area (Å²) in [7, 11) is 0. The highest BCUT2D eigenvalue weighted by Crippen LogP contribution is 2.20. The Hall–Kier alpha value is -6.40. The number of nitrogens with zero attached hydrogens (tertiary/aromatic N) is 3. The summed E-state index contributed by atoms with van der Waals surface area (Å²) in [5.74, 6) is -3.08. The van der Waals surface area contributed by atoms with Gasteiger partial charge in [-0.25, -0.2) is 9.97 Å². The van der Waals surface area contributed by atoms with E-state index in [2.05, 4.69) is 46.5 Å². The molecule has 10 N–H and O–H groups in total. The Labute approximate surface area is 380 Å². The smallest absolute Gasteiger partial charge is 0.243 e. The van der Waals surface area contributed by atoms with E-state index in [-0.39, 0.29) is 50.0 Å². The third-order valence-corrected chi connectivity index (χ3v) is 11.3. The minimum atomic E-state index is -1.35. The zero-order valence-corrected chi connectivity index (χ0v) is 37.7. The molecule has 65 heavy (non-hydrogen) atoms. The molecule has 4 aromatic rings. The first-order valence-electron chi connectivity index (χ1n) is 22.4. The van der Waals surface area contributed by atoms with E-state index < -0.39 is 78.3 Å². The molecule has 1 fully saturated rings. The molecule has 7 atom stereocenters. The van der Waals surface area contributed by atoms with Gasteiger partial charge >= 0.3 is 0 Å². The summed E-state index contributed by atoms with van der Waals surface area (Å²) in [6, 6.07) is 12.5. The van der Waals surface area contributed by atoms with Crippen LogP contribution in [0, 0.1) is 11.8 Å². The first kappa shape index (κ1) is 49.6. The summed E-state index contributed by atoms with van der Waals surface area (Å²) in [5, 5.41) is 25.8. The minimum absolute atomic E-state index is 0.0244. The molecule has 18 nitrogen and oxygen atoms in total. The molecule has 6 amide bonds. The highest BCUT2D eigenvalue weighted by Gasteiger charge is 2.39. The number of nitrogens with one attached hydrogen (secondary N) is 7. The van der Waals surface area contributed by atoms with E-state index in [0.717, 1.165) is 11.1 Å². The maximum Gasteiger partial charge on any atom is 0.243 e. The predicted octanol–water partition coefficient (Wildman–Crippen LogP) is 1.58. The quantitative estimate of drug-likeness (QED) is 0.0490. The van der Waals surface area contributed by atoms with E-state index in [1.54, 1.807) is 6.20 Å². The molecule has 0 bridgehead atoms. The van der Waals surface area contributed by atoms with Crippen LogP contribution < -0.4 is 32.3 Å². The molecule has 5 rings (SSSR count). The summed E-state index contributed by atoms with van der Waals surface area (Å²) >= 11 is 0. The summed E-state index contributed by atoms with van der Waals surface area (Å²) in [6.45, 7) is 8.31. The van der Waals surface area contributed by atoms with Gasteiger partial charge in [-0.3, -0.25) is 28.8 Å². The molecule has 0 radical (unpaired) electrons. The van der Waals surface area contributed by atoms with Gasteiger partial charge in [0.25, 0.3) is 0 Å². The number of aromatic nitrogens is 4. The van der Waals surface area contributed by atoms with E-state index in [1.165, 1.54) is 23.8 Å². The normalized spacial score (nSPS) is 16.5. The molecule has 2 aromatic heterocycles. The number of benzene rings is 2. The SMILES string of the molecule is CC(C)C[C@H](NC(=O)C[C@H](O)[C@H](CC(C)C)NC(=O)[C@H](Cc1cnc[nH]1)NC(=O)[C@H](Cc1ccccc1)NC(=O)[C@@H]1CCCN1C(=O)[C@@H](N)Cc1cnc[nH]1)C(=O)NCc1ccccc1. The zero-order chi connectivity index (χ0) is 46.9. The molecule has 0 aliphatic carbocycles. The Morgan fingerprint density at radius 2 is 1.31 bits per heavy atom. The number of carbonyl (C=O) groups excluding carboxylic acids is 6. The third kappa shape index (κ3) is 15.7. The number of rotatable bonds is 24. The number of hydrogen-bond donors (Lipinski definition) is 9. The van der Waals surface area contributed by atoms with Gasteiger partial charge in [0, 0.05) is 56.1 Å². The van der Waals surface area contributed by atoms with Gasteiger partial charge in [-0.1, -0.05) is 88.4 Å². The Kier molecular flexibility index (Phi) is 18.8. The number of aromatic amines is 2. The Morgan fingerprint density at radius 3 is 1.91 bits per heavy atom. The summed E-state index contributed by atoms with van der Waals surface area (Å²) in [5.41, 5.74) is 9.15. The van der Waals surface area contributed by atoms with Gasteiger partial charge in [-0.15, -0.1) is 0 Å². The predicted molar refractivity (Wildman–Crippen MR) is 243 cm³/mol. The average Bonchev–Trinajstić information content (AvgIpc) is 4.09. The van der Waals surface area contributed by atoms with E-state index in [0.29, 0.717) is 37.2 Å². The molecule has 0 unspecified atom stereocenters. The number of aliphatic hydroxyl groups excluding tert-OH is 1. The van der Waals surface area contributed by atoms with Crippen molar-refractivity contribution in [2.45, 2.75) is 128 Å². The van der Waals surface area contributed by atoms with Crippen LogP contribution in [0.1, 0.15) is 82.3 Å². The third-order valence-electron chi connectivity index (χ3n) is 11.3. The van der Waals surface area contributed by atoms with Crippen molar-refractivity contribution in [3.05, 3.63) is 108 Å². The van der Waals surface area contributed by atoms with Crippen molar-refractivity contribution in [2.24, 2.45) is 17.6 Å². The number of carbonyl (C=O) groups is 6. The first-order valence-corrected chi connectivity index (χ1v) is 22.4. The van der Waals surface area contributed by atoms with Gasteiger partial charge in [-0.2, -0.15) is 0 Å². The van der Waals surface area contributed by atoms with Crippen LogP contribution in [0.3, 0.4) is 0 Å². The Balaban J connectivity index is 1.29. The number of likely N-dealkylation sites (tertiary alicyclic amines) is 1. The molecule has 3 heterocycles. The van der Waals surface area contributed by atoms with Gasteiger partial charge in [0.1, 0.15) is 24.2 Å². The van der Waals surface area contributed by atoms with Crippen LogP contribution in [0.25, 0.3) is 0 Å². The number of aliphatic hydroxyl groups is 1. The fourth-order valence-electron chi connectivity index (χ4n) is 7.96. The van der Waals surface area contributed by atoms with Crippen LogP contribution in [0.15, 0.2) is 85.7 Å². The molecule has 0 spiro atoms. The van der Waals surface area contributed by atoms with E-state index in [9.17, 15) is 33.9 Å². The van der Waals surface area contributed by atoms with Gasteiger partial charge in [0.15, 0.2) is 0 Å². The lowest BCUT2D eigenvalue weighted by atomic mass is 9.96. The highest BCUT2D eigenvalue weighted by atomic mass is 16.3. The minimum Gasteiger partial charge on any atom is -0.390 e. The average molecular weight is 896 g/mol. The van der Waals surface area contributed by atoms with Crippen molar-refractivity contribution in [1.82, 2.24) is 51.4 Å². The number of hydrogen-bond acceptors (Lipinski definition) is 10. The number of amides is 6. The molecule has 18 heteroatoms. The van der Waals surface area contributed by atoms with Gasteiger partial charge in [0.2, 0.25) is 35.4 Å². The van der Waals surface area contributed by atoms with Gasteiger partial charge in [0.05, 0.1) is 37.3 Å². The van der Waals surface area contributed by atoms with Crippen LogP contribution in [-0.2, 0) is 54.6 Å². The Morgan fingerprint density at radius 1 is 0.723 bits per heavy atom. The van der Waals surface area contributed by atoms with Crippen LogP contribution in [0.2, 0.25) is 0 Å². The summed E-state index contributed by atoms with van der Waals surface area (Å²) in [4.78, 5) is 98.3. The van der Waals surface area contributed by atoms with Crippen molar-refractivity contribution < 1.29 is 33.9 Å². The lowest BCUT2D eigenvalue weighted by Crippen LogP contribution is -2.59. The van der Waals surface area contributed by atoms with Crippen LogP contribution >= 0.6 is 0 Å². The van der Waals surface area contributed by atoms with E-state index in [4.69, 9.17) is 5.73 Å². The van der Waals surface area contributed by atoms with Crippen molar-refractivity contribution in [1.29, 1.82) is 0 Å². The molecular weight excluding hydrogens is 831 g/mol. The maximum absolute atomic E-state index is 14.4. The summed E-state index contributed by atoms with van der Waals surface area (Å²) in [6.07, 6.45) is 6.13. The number of H-pyrrole nitrogens is 2. The van der Waals surface area contributed by atoms with E-state index in [1.807, 2.05) is 88.4 Å². The van der Waals surface area contributed by atoms with Crippen molar-refractivity contribution in [3.63, 3.8) is 0 Å². The molecule has 1 aliphatic heterocycles. The first-order chi connectivity index (χ1) is 31.2. The lowest BCUT2D eigenvalue weighted by Gasteiger charge is -2.30. The molecule has 350 valence electrons. The Bertz CT molecular complexity index is 2120. The van der Waals surface area contributed by atoms with Crippen LogP contribution in [0.4, 0.5) is 0 Å². The molecule has 1 saturated heterocycles. The molecule has 1 aliphatic rings. The fraction of sp³-hybridized carbons (Fsp3) is 0.489. The van der Waals surface area contributed by atoms with Crippen LogP contribution in [0.5, 0.6) is 0 Å². The van der Waals surface area contributed by atoms with Crippen molar-refractivity contribution in [2.75, 3.05) is 6.54 Å². The monoisotopic (exact) mass is 896 g/mol. The van der Waals surface area contributed by atoms with Crippen LogP contribution in [-0.4, -0.2) is 114 Å². The standard InChI is InChI=1S/C47H65N11O7/c1-29(2)18-36(41(59)23-42(60)54-37(19-30(3)4)43(61)51-24-32-14-9-6-10-15-32)55-45(63)39(22-34-26-50-28-53-34)56-44(62)38(20-31-12-7-5-8-13-31)57-46(64)40-16-11-17-58(40)47(65)35(48)21-33-25-49-27-52-33/h5-10,12-15,25-30,35-41,59H,11,16-24,48H2,1-4H3,(H,49,52)(H,50,53)(H,51,61)(H,54,60)(H,55,63)(H,56,62)(H,57,64)/t35-,36-,37-,38-,39-,40-,41-/m0/s1. The second-order valence-electron chi connectivity index (χ2n) is 17.6. The molecule has 0 saturated carbocycles. The van der Waals surface area contributed by atoms with Gasteiger partial charge < -0.3 is 52.3 Å². The maximum atomic E-state index is 14.4. The van der Waals surface area contributed by atoms with Gasteiger partial charge in [-0.05, 0) is 48.6 Å². The zero-order valence-electron chi connectivity index (χ0n) is 37.7. The largest absolute Gasteiger partial charge is 0.390 e. The number of nitrogens with two attached hydrogens (primary N) is 1. The second-order valence-corrected chi connectivity index (χ2v) is 17.6. The van der Waals surface area contributed by atoms with Crippen molar-refractivity contribution >= 4 is 35.4 Å². The van der Waals surface area contributed by atoms with E-state index >= 15 is 0 Å². The topological polar surface area (TPSA) is 269 Å². The lowest BCUT2D eigenvalue weighted by molar-refractivity contribution is -0.140. The highest BCUT2D eigenvalue weighted by molar-refractivity contribution is 5.95. The summed E-state index contributed by atoms with van der Waals surface area (Å²) < 4.78 is 0.